The Morgan fingerprint density at radius 3 is 2.33 bits per heavy atom. The predicted molar refractivity (Wildman–Crippen MR) is 105 cm³/mol. The lowest BCUT2D eigenvalue weighted by Crippen LogP contribution is -2.18. The van der Waals surface area contributed by atoms with Gasteiger partial charge in [-0.2, -0.15) is 0 Å². The molecule has 1 fully saturated rings. The smallest absolute Gasteiger partial charge is 0.340 e. The molecular formula is C22H24FNO6. The van der Waals surface area contributed by atoms with E-state index in [4.69, 9.17) is 14.2 Å². The van der Waals surface area contributed by atoms with Crippen LogP contribution in [0.15, 0.2) is 18.2 Å². The average molecular weight is 417 g/mol. The van der Waals surface area contributed by atoms with Crippen LogP contribution in [0.5, 0.6) is 5.75 Å². The van der Waals surface area contributed by atoms with Crippen LogP contribution in [-0.2, 0) is 20.7 Å². The molecule has 1 aliphatic carbocycles. The van der Waals surface area contributed by atoms with Gasteiger partial charge in [-0.25, -0.2) is 9.18 Å². The van der Waals surface area contributed by atoms with Crippen LogP contribution in [0, 0.1) is 19.7 Å². The molecule has 30 heavy (non-hydrogen) atoms. The first-order valence-electron chi connectivity index (χ1n) is 9.59. The van der Waals surface area contributed by atoms with Gasteiger partial charge in [-0.1, -0.05) is 6.07 Å². The van der Waals surface area contributed by atoms with Crippen molar-refractivity contribution in [3.63, 3.8) is 0 Å². The highest BCUT2D eigenvalue weighted by atomic mass is 19.1. The van der Waals surface area contributed by atoms with Crippen molar-refractivity contribution in [1.82, 2.24) is 4.57 Å². The number of esters is 2. The third-order valence-corrected chi connectivity index (χ3v) is 5.21. The van der Waals surface area contributed by atoms with Gasteiger partial charge < -0.3 is 18.8 Å². The van der Waals surface area contributed by atoms with Gasteiger partial charge in [0.1, 0.15) is 0 Å². The van der Waals surface area contributed by atoms with E-state index in [-0.39, 0.29) is 29.3 Å². The minimum absolute atomic E-state index is 0.0728. The summed E-state index contributed by atoms with van der Waals surface area (Å²) in [4.78, 5) is 37.3. The Labute approximate surface area is 173 Å². The first-order valence-corrected chi connectivity index (χ1v) is 9.59. The minimum Gasteiger partial charge on any atom is -0.494 e. The number of rotatable bonds is 8. The topological polar surface area (TPSA) is 83.8 Å². The maximum atomic E-state index is 13.8. The van der Waals surface area contributed by atoms with E-state index in [1.165, 1.54) is 26.4 Å². The molecule has 7 nitrogen and oxygen atoms in total. The number of hydrogen-bond donors (Lipinski definition) is 0. The van der Waals surface area contributed by atoms with E-state index in [1.807, 2.05) is 4.57 Å². The number of carbonyl (C=O) groups is 3. The van der Waals surface area contributed by atoms with Crippen molar-refractivity contribution in [2.45, 2.75) is 39.2 Å². The van der Waals surface area contributed by atoms with Crippen molar-refractivity contribution in [1.29, 1.82) is 0 Å². The second-order valence-corrected chi connectivity index (χ2v) is 7.24. The van der Waals surface area contributed by atoms with Gasteiger partial charge in [-0.05, 0) is 44.4 Å². The Balaban J connectivity index is 1.73. The zero-order valence-corrected chi connectivity index (χ0v) is 17.4. The number of hydrogen-bond acceptors (Lipinski definition) is 6. The molecule has 0 saturated heterocycles. The molecule has 1 aliphatic rings. The zero-order valence-electron chi connectivity index (χ0n) is 17.4. The summed E-state index contributed by atoms with van der Waals surface area (Å²) in [6.45, 7) is 3.03. The lowest BCUT2D eigenvalue weighted by atomic mass is 10.1. The Hall–Kier alpha value is -3.16. The average Bonchev–Trinajstić information content (AvgIpc) is 3.50. The Bertz CT molecular complexity index is 1010. The quantitative estimate of drug-likeness (QED) is 0.484. The van der Waals surface area contributed by atoms with Gasteiger partial charge in [0.05, 0.1) is 31.8 Å². The molecule has 3 rings (SSSR count). The fourth-order valence-electron chi connectivity index (χ4n) is 3.68. The highest BCUT2D eigenvalue weighted by molar-refractivity contribution is 6.09. The third-order valence-electron chi connectivity index (χ3n) is 5.21. The number of ether oxygens (including phenoxy) is 3. The monoisotopic (exact) mass is 417 g/mol. The van der Waals surface area contributed by atoms with Gasteiger partial charge in [0.25, 0.3) is 0 Å². The summed E-state index contributed by atoms with van der Waals surface area (Å²) in [7, 11) is 2.61. The molecule has 0 amide bonds. The molecule has 0 aliphatic heterocycles. The fourth-order valence-corrected chi connectivity index (χ4v) is 3.68. The number of benzene rings is 1. The molecule has 1 saturated carbocycles. The van der Waals surface area contributed by atoms with Crippen LogP contribution in [0.4, 0.5) is 4.39 Å². The number of carbonyl (C=O) groups excluding carboxylic acids is 3. The van der Waals surface area contributed by atoms with Gasteiger partial charge in [0, 0.05) is 17.4 Å². The first kappa shape index (κ1) is 21.5. The number of Topliss-reactive ketones (excluding diaryl/α,β-unsaturated/α-hetero) is 1. The van der Waals surface area contributed by atoms with Crippen LogP contribution >= 0.6 is 0 Å². The second kappa shape index (κ2) is 8.69. The fraction of sp³-hybridized carbons (Fsp3) is 0.409. The summed E-state index contributed by atoms with van der Waals surface area (Å²) >= 11 is 0. The molecule has 0 spiro atoms. The lowest BCUT2D eigenvalue weighted by molar-refractivity contribution is -0.141. The molecule has 0 N–H and O–H groups in total. The van der Waals surface area contributed by atoms with Crippen LogP contribution in [0.2, 0.25) is 0 Å². The van der Waals surface area contributed by atoms with Gasteiger partial charge >= 0.3 is 11.9 Å². The normalized spacial score (nSPS) is 13.1. The molecule has 0 atom stereocenters. The summed E-state index contributed by atoms with van der Waals surface area (Å²) in [6, 6.07) is 4.41. The van der Waals surface area contributed by atoms with Crippen LogP contribution in [0.1, 0.15) is 56.6 Å². The van der Waals surface area contributed by atoms with Crippen molar-refractivity contribution < 1.29 is 33.0 Å². The Morgan fingerprint density at radius 2 is 1.77 bits per heavy atom. The Morgan fingerprint density at radius 1 is 1.10 bits per heavy atom. The minimum atomic E-state index is -0.677. The largest absolute Gasteiger partial charge is 0.494 e. The summed E-state index contributed by atoms with van der Waals surface area (Å²) in [5.41, 5.74) is 2.15. The summed E-state index contributed by atoms with van der Waals surface area (Å²) in [5.74, 6) is -2.27. The molecule has 0 unspecified atom stereocenters. The van der Waals surface area contributed by atoms with E-state index in [9.17, 15) is 18.8 Å². The number of nitrogens with zero attached hydrogens (tertiary/aromatic N) is 1. The first-order chi connectivity index (χ1) is 14.3. The van der Waals surface area contributed by atoms with E-state index in [0.717, 1.165) is 12.8 Å². The molecule has 1 aromatic heterocycles. The maximum Gasteiger partial charge on any atom is 0.340 e. The van der Waals surface area contributed by atoms with Crippen molar-refractivity contribution >= 4 is 17.7 Å². The van der Waals surface area contributed by atoms with Crippen molar-refractivity contribution in [2.75, 3.05) is 20.8 Å². The molecule has 0 bridgehead atoms. The molecule has 160 valence electrons. The van der Waals surface area contributed by atoms with E-state index < -0.39 is 30.1 Å². The van der Waals surface area contributed by atoms with Crippen LogP contribution in [-0.4, -0.2) is 43.1 Å². The number of halogens is 1. The van der Waals surface area contributed by atoms with E-state index in [0.29, 0.717) is 17.0 Å². The summed E-state index contributed by atoms with van der Waals surface area (Å²) in [5, 5.41) is 0. The SMILES string of the molecule is COC(=O)c1c(C(=O)COC(=O)Cc2ccc(OC)c(F)c2)c(C)n(C2CC2)c1C. The van der Waals surface area contributed by atoms with E-state index >= 15 is 0 Å². The number of ketones is 1. The van der Waals surface area contributed by atoms with Crippen LogP contribution in [0.3, 0.4) is 0 Å². The predicted octanol–water partition coefficient (Wildman–Crippen LogP) is 3.34. The number of aromatic nitrogens is 1. The van der Waals surface area contributed by atoms with Gasteiger partial charge in [0.2, 0.25) is 5.78 Å². The summed E-state index contributed by atoms with van der Waals surface area (Å²) < 4.78 is 30.5. The zero-order chi connectivity index (χ0) is 22.0. The van der Waals surface area contributed by atoms with Crippen molar-refractivity contribution in [3.05, 3.63) is 52.1 Å². The maximum absolute atomic E-state index is 13.8. The molecular weight excluding hydrogens is 393 g/mol. The van der Waals surface area contributed by atoms with E-state index in [1.54, 1.807) is 19.9 Å². The molecule has 1 aromatic carbocycles. The second-order valence-electron chi connectivity index (χ2n) is 7.24. The Kier molecular flexibility index (Phi) is 6.24. The van der Waals surface area contributed by atoms with Gasteiger partial charge in [0.15, 0.2) is 18.2 Å². The van der Waals surface area contributed by atoms with Crippen LogP contribution < -0.4 is 4.74 Å². The van der Waals surface area contributed by atoms with Crippen molar-refractivity contribution in [3.8, 4) is 5.75 Å². The highest BCUT2D eigenvalue weighted by Crippen LogP contribution is 2.40. The molecule has 8 heteroatoms. The van der Waals surface area contributed by atoms with Gasteiger partial charge in [-0.3, -0.25) is 9.59 Å². The lowest BCUT2D eigenvalue weighted by Gasteiger charge is -2.08. The molecule has 1 heterocycles. The highest BCUT2D eigenvalue weighted by Gasteiger charge is 2.34. The molecule has 0 radical (unpaired) electrons. The standard InChI is InChI=1S/C22H24FNO6/c1-12-20(21(22(27)29-4)13(2)24(12)15-6-7-15)17(25)11-30-19(26)10-14-5-8-18(28-3)16(23)9-14/h5,8-9,15H,6-7,10-11H2,1-4H3. The van der Waals surface area contributed by atoms with E-state index in [2.05, 4.69) is 0 Å². The number of methoxy groups -OCH3 is 2. The summed E-state index contributed by atoms with van der Waals surface area (Å²) in [6.07, 6.45) is 1.77. The third kappa shape index (κ3) is 4.22. The van der Waals surface area contributed by atoms with Crippen LogP contribution in [0.25, 0.3) is 0 Å². The van der Waals surface area contributed by atoms with Gasteiger partial charge in [-0.15, -0.1) is 0 Å². The van der Waals surface area contributed by atoms with Crippen molar-refractivity contribution in [2.24, 2.45) is 0 Å². The molecule has 2 aromatic rings.